The molecule has 26 heavy (non-hydrogen) atoms. The molecule has 0 aliphatic heterocycles. The quantitative estimate of drug-likeness (QED) is 0.231. The number of hydrogen-bond acceptors (Lipinski definition) is 4. The lowest BCUT2D eigenvalue weighted by molar-refractivity contribution is 0.564. The first-order chi connectivity index (χ1) is 12.8. The van der Waals surface area contributed by atoms with Crippen LogP contribution in [0.1, 0.15) is 70.3 Å². The summed E-state index contributed by atoms with van der Waals surface area (Å²) in [6, 6.07) is 7.71. The summed E-state index contributed by atoms with van der Waals surface area (Å²) >= 11 is 4.61. The lowest BCUT2D eigenvalue weighted by Gasteiger charge is -2.04. The number of benzene rings is 1. The zero-order valence-corrected chi connectivity index (χ0v) is 16.6. The van der Waals surface area contributed by atoms with Crippen molar-refractivity contribution in [1.82, 2.24) is 9.97 Å². The van der Waals surface area contributed by atoms with E-state index >= 15 is 0 Å². The Balaban J connectivity index is 1.68. The van der Waals surface area contributed by atoms with E-state index in [9.17, 15) is 0 Å². The molecule has 3 nitrogen and oxygen atoms in total. The van der Waals surface area contributed by atoms with Crippen molar-refractivity contribution in [3.63, 3.8) is 0 Å². The molecule has 1 aromatic heterocycles. The number of aromatic nitrogens is 2. The SMILES string of the molecule is CCCCCCCCCCCc1cnc(-c2ccc(N=C=S)cc2)nc1. The summed E-state index contributed by atoms with van der Waals surface area (Å²) < 4.78 is 0. The summed E-state index contributed by atoms with van der Waals surface area (Å²) in [6.07, 6.45) is 17.2. The maximum absolute atomic E-state index is 4.61. The Bertz CT molecular complexity index is 674. The maximum atomic E-state index is 4.61. The highest BCUT2D eigenvalue weighted by Gasteiger charge is 2.02. The molecule has 1 heterocycles. The van der Waals surface area contributed by atoms with Gasteiger partial charge in [0.1, 0.15) is 0 Å². The number of aryl methyl sites for hydroxylation is 1. The molecule has 0 spiro atoms. The van der Waals surface area contributed by atoms with E-state index in [0.29, 0.717) is 0 Å². The zero-order valence-electron chi connectivity index (χ0n) is 15.8. The minimum Gasteiger partial charge on any atom is -0.236 e. The number of isothiocyanates is 1. The highest BCUT2D eigenvalue weighted by molar-refractivity contribution is 7.78. The Kier molecular flexibility index (Phi) is 9.78. The molecule has 2 rings (SSSR count). The molecule has 0 bridgehead atoms. The normalized spacial score (nSPS) is 10.5. The van der Waals surface area contributed by atoms with Crippen LogP contribution in [0, 0.1) is 0 Å². The van der Waals surface area contributed by atoms with Gasteiger partial charge in [0.15, 0.2) is 5.82 Å². The van der Waals surface area contributed by atoms with Gasteiger partial charge in [-0.2, -0.15) is 4.99 Å². The van der Waals surface area contributed by atoms with Gasteiger partial charge in [0, 0.05) is 18.0 Å². The van der Waals surface area contributed by atoms with E-state index < -0.39 is 0 Å². The molecule has 2 aromatic rings. The lowest BCUT2D eigenvalue weighted by Crippen LogP contribution is -1.93. The summed E-state index contributed by atoms with van der Waals surface area (Å²) in [4.78, 5) is 13.0. The fourth-order valence-electron chi connectivity index (χ4n) is 3.01. The monoisotopic (exact) mass is 367 g/mol. The largest absolute Gasteiger partial charge is 0.236 e. The number of nitrogens with zero attached hydrogens (tertiary/aromatic N) is 3. The summed E-state index contributed by atoms with van der Waals surface area (Å²) in [5.41, 5.74) is 3.01. The van der Waals surface area contributed by atoms with Gasteiger partial charge in [0.05, 0.1) is 10.8 Å². The Labute approximate surface area is 163 Å². The highest BCUT2D eigenvalue weighted by atomic mass is 32.1. The number of aliphatic imine (C=N–C) groups is 1. The molecule has 0 saturated carbocycles. The molecule has 0 unspecified atom stereocenters. The van der Waals surface area contributed by atoms with Gasteiger partial charge in [-0.05, 0) is 54.9 Å². The average molecular weight is 368 g/mol. The van der Waals surface area contributed by atoms with E-state index in [0.717, 1.165) is 23.5 Å². The topological polar surface area (TPSA) is 38.1 Å². The van der Waals surface area contributed by atoms with Crippen molar-refractivity contribution < 1.29 is 0 Å². The molecule has 0 N–H and O–H groups in total. The van der Waals surface area contributed by atoms with Gasteiger partial charge in [0.2, 0.25) is 0 Å². The van der Waals surface area contributed by atoms with Crippen LogP contribution in [0.2, 0.25) is 0 Å². The molecule has 0 fully saturated rings. The van der Waals surface area contributed by atoms with Crippen molar-refractivity contribution in [2.45, 2.75) is 71.1 Å². The summed E-state index contributed by atoms with van der Waals surface area (Å²) in [6.45, 7) is 2.27. The molecule has 0 amide bonds. The van der Waals surface area contributed by atoms with Gasteiger partial charge >= 0.3 is 0 Å². The maximum Gasteiger partial charge on any atom is 0.159 e. The van der Waals surface area contributed by atoms with Crippen LogP contribution < -0.4 is 0 Å². The smallest absolute Gasteiger partial charge is 0.159 e. The minimum absolute atomic E-state index is 0.749. The fraction of sp³-hybridized carbons (Fsp3) is 0.500. The molecular formula is C22H29N3S. The van der Waals surface area contributed by atoms with E-state index in [1.165, 1.54) is 63.4 Å². The van der Waals surface area contributed by atoms with Gasteiger partial charge in [-0.1, -0.05) is 58.3 Å². The third-order valence-electron chi connectivity index (χ3n) is 4.57. The van der Waals surface area contributed by atoms with E-state index in [-0.39, 0.29) is 0 Å². The number of unbranched alkanes of at least 4 members (excludes halogenated alkanes) is 8. The van der Waals surface area contributed by atoms with Gasteiger partial charge < -0.3 is 0 Å². The molecular weight excluding hydrogens is 338 g/mol. The Morgan fingerprint density at radius 2 is 1.42 bits per heavy atom. The second kappa shape index (κ2) is 12.5. The van der Waals surface area contributed by atoms with Crippen molar-refractivity contribution >= 4 is 23.1 Å². The molecule has 1 aromatic carbocycles. The van der Waals surface area contributed by atoms with Gasteiger partial charge in [0.25, 0.3) is 0 Å². The minimum atomic E-state index is 0.749. The predicted octanol–water partition coefficient (Wildman–Crippen LogP) is 6.95. The third kappa shape index (κ3) is 7.55. The van der Waals surface area contributed by atoms with Crippen LogP contribution in [0.15, 0.2) is 41.7 Å². The van der Waals surface area contributed by atoms with Crippen molar-refractivity contribution in [2.24, 2.45) is 4.99 Å². The molecule has 0 aliphatic rings. The molecule has 0 atom stereocenters. The van der Waals surface area contributed by atoms with Gasteiger partial charge in [-0.3, -0.25) is 0 Å². The Hall–Kier alpha value is -1.90. The fourth-order valence-corrected chi connectivity index (χ4v) is 3.12. The molecule has 0 aliphatic carbocycles. The molecule has 0 radical (unpaired) electrons. The van der Waals surface area contributed by atoms with Crippen LogP contribution in [0.4, 0.5) is 5.69 Å². The average Bonchev–Trinajstić information content (AvgIpc) is 2.68. The highest BCUT2D eigenvalue weighted by Crippen LogP contribution is 2.19. The van der Waals surface area contributed by atoms with Crippen LogP contribution in [0.25, 0.3) is 11.4 Å². The summed E-state index contributed by atoms with van der Waals surface area (Å²) in [5.74, 6) is 0.749. The van der Waals surface area contributed by atoms with Crippen molar-refractivity contribution in [3.8, 4) is 11.4 Å². The summed E-state index contributed by atoms with van der Waals surface area (Å²) in [5, 5.41) is 2.37. The lowest BCUT2D eigenvalue weighted by atomic mass is 10.1. The molecule has 4 heteroatoms. The first-order valence-electron chi connectivity index (χ1n) is 9.82. The van der Waals surface area contributed by atoms with E-state index in [1.54, 1.807) is 0 Å². The first kappa shape index (κ1) is 20.4. The predicted molar refractivity (Wildman–Crippen MR) is 113 cm³/mol. The van der Waals surface area contributed by atoms with E-state index in [1.807, 2.05) is 36.7 Å². The molecule has 138 valence electrons. The zero-order chi connectivity index (χ0) is 18.5. The van der Waals surface area contributed by atoms with Crippen LogP contribution in [0.5, 0.6) is 0 Å². The molecule has 0 saturated heterocycles. The van der Waals surface area contributed by atoms with Crippen molar-refractivity contribution in [1.29, 1.82) is 0 Å². The van der Waals surface area contributed by atoms with Crippen molar-refractivity contribution in [3.05, 3.63) is 42.2 Å². The van der Waals surface area contributed by atoms with Crippen LogP contribution in [0.3, 0.4) is 0 Å². The second-order valence-electron chi connectivity index (χ2n) is 6.74. The third-order valence-corrected chi connectivity index (χ3v) is 4.67. The van der Waals surface area contributed by atoms with Crippen LogP contribution in [-0.4, -0.2) is 15.1 Å². The first-order valence-corrected chi connectivity index (χ1v) is 10.2. The number of hydrogen-bond donors (Lipinski definition) is 0. The Morgan fingerprint density at radius 1 is 0.846 bits per heavy atom. The van der Waals surface area contributed by atoms with Crippen molar-refractivity contribution in [2.75, 3.05) is 0 Å². The second-order valence-corrected chi connectivity index (χ2v) is 6.93. The van der Waals surface area contributed by atoms with Gasteiger partial charge in [-0.25, -0.2) is 9.97 Å². The van der Waals surface area contributed by atoms with Gasteiger partial charge in [-0.15, -0.1) is 0 Å². The van der Waals surface area contributed by atoms with Crippen LogP contribution >= 0.6 is 12.2 Å². The van der Waals surface area contributed by atoms with E-state index in [2.05, 4.69) is 39.3 Å². The van der Waals surface area contributed by atoms with Crippen LogP contribution in [-0.2, 0) is 6.42 Å². The summed E-state index contributed by atoms with van der Waals surface area (Å²) in [7, 11) is 0. The van der Waals surface area contributed by atoms with E-state index in [4.69, 9.17) is 0 Å². The number of thiocarbonyl (C=S) groups is 1. The number of rotatable bonds is 12. The Morgan fingerprint density at radius 3 is 2.00 bits per heavy atom. The standard InChI is InChI=1S/C22H29N3S/c1-2-3-4-5-6-7-8-9-10-11-19-16-23-22(24-17-19)20-12-14-21(15-13-20)25-18-26/h12-17H,2-11H2,1H3.